The number of hydrazine groups is 1. The first-order valence-electron chi connectivity index (χ1n) is 4.99. The minimum atomic E-state index is -4.42. The standard InChI is InChI=1S/C11H7F3N2OS2/c12-11(13,14)7-3-1-2-6(4-7)5-8-9(17)16(15)10(18)19-8/h1-5H,15H2/b8-5-. The van der Waals surface area contributed by atoms with Gasteiger partial charge < -0.3 is 0 Å². The normalized spacial score (nSPS) is 18.5. The van der Waals surface area contributed by atoms with E-state index in [2.05, 4.69) is 0 Å². The average Bonchev–Trinajstić information content (AvgIpc) is 2.56. The summed E-state index contributed by atoms with van der Waals surface area (Å²) >= 11 is 5.77. The third kappa shape index (κ3) is 2.96. The third-order valence-electron chi connectivity index (χ3n) is 2.34. The molecule has 1 amide bonds. The molecule has 0 spiro atoms. The molecule has 1 heterocycles. The zero-order chi connectivity index (χ0) is 14.2. The summed E-state index contributed by atoms with van der Waals surface area (Å²) in [4.78, 5) is 11.8. The molecular formula is C11H7F3N2OS2. The van der Waals surface area contributed by atoms with Crippen LogP contribution in [0.15, 0.2) is 29.2 Å². The number of rotatable bonds is 1. The summed E-state index contributed by atoms with van der Waals surface area (Å²) in [6, 6.07) is 4.67. The fraction of sp³-hybridized carbons (Fsp3) is 0.0909. The number of thiocarbonyl (C=S) groups is 1. The summed E-state index contributed by atoms with van der Waals surface area (Å²) in [5, 5.41) is 0.791. The number of carbonyl (C=O) groups excluding carboxylic acids is 1. The Bertz CT molecular complexity index is 584. The smallest absolute Gasteiger partial charge is 0.267 e. The Hall–Kier alpha value is -1.38. The van der Waals surface area contributed by atoms with Crippen LogP contribution in [0.1, 0.15) is 11.1 Å². The molecule has 1 saturated heterocycles. The van der Waals surface area contributed by atoms with Crippen molar-refractivity contribution >= 4 is 40.3 Å². The van der Waals surface area contributed by atoms with Crippen molar-refractivity contribution in [1.29, 1.82) is 0 Å². The number of nitrogens with zero attached hydrogens (tertiary/aromatic N) is 1. The Balaban J connectivity index is 2.34. The van der Waals surface area contributed by atoms with E-state index >= 15 is 0 Å². The van der Waals surface area contributed by atoms with Crippen LogP contribution >= 0.6 is 24.0 Å². The van der Waals surface area contributed by atoms with Gasteiger partial charge in [-0.2, -0.15) is 13.2 Å². The number of alkyl halides is 3. The molecule has 0 saturated carbocycles. The zero-order valence-corrected chi connectivity index (χ0v) is 10.9. The molecule has 0 aromatic heterocycles. The minimum Gasteiger partial charge on any atom is -0.267 e. The molecule has 0 aliphatic carbocycles. The zero-order valence-electron chi connectivity index (χ0n) is 9.27. The van der Waals surface area contributed by atoms with Crippen molar-refractivity contribution < 1.29 is 18.0 Å². The molecule has 0 atom stereocenters. The summed E-state index contributed by atoms with van der Waals surface area (Å²) in [5.41, 5.74) is -0.506. The van der Waals surface area contributed by atoms with E-state index in [-0.39, 0.29) is 14.8 Å². The molecule has 2 rings (SSSR count). The number of carbonyl (C=O) groups is 1. The van der Waals surface area contributed by atoms with Gasteiger partial charge in [0, 0.05) is 0 Å². The lowest BCUT2D eigenvalue weighted by atomic mass is 10.1. The maximum Gasteiger partial charge on any atom is 0.416 e. The van der Waals surface area contributed by atoms with Gasteiger partial charge in [-0.05, 0) is 23.8 Å². The number of nitrogens with two attached hydrogens (primary N) is 1. The molecule has 0 unspecified atom stereocenters. The number of hydrogen-bond acceptors (Lipinski definition) is 4. The molecule has 1 aliphatic heterocycles. The molecule has 100 valence electrons. The van der Waals surface area contributed by atoms with Crippen molar-refractivity contribution in [2.75, 3.05) is 0 Å². The Labute approximate surface area is 116 Å². The Morgan fingerprint density at radius 2 is 2.05 bits per heavy atom. The van der Waals surface area contributed by atoms with Crippen LogP contribution in [0.4, 0.5) is 13.2 Å². The maximum absolute atomic E-state index is 12.5. The van der Waals surface area contributed by atoms with Crippen molar-refractivity contribution in [3.63, 3.8) is 0 Å². The first kappa shape index (κ1) is 14.0. The fourth-order valence-electron chi connectivity index (χ4n) is 1.44. The van der Waals surface area contributed by atoms with E-state index in [9.17, 15) is 18.0 Å². The molecule has 0 bridgehead atoms. The minimum absolute atomic E-state index is 0.170. The predicted molar refractivity (Wildman–Crippen MR) is 70.6 cm³/mol. The van der Waals surface area contributed by atoms with Crippen LogP contribution in [0.3, 0.4) is 0 Å². The van der Waals surface area contributed by atoms with Gasteiger partial charge in [0.2, 0.25) is 0 Å². The van der Waals surface area contributed by atoms with Crippen LogP contribution in [0.25, 0.3) is 6.08 Å². The number of halogens is 3. The van der Waals surface area contributed by atoms with Crippen molar-refractivity contribution in [3.05, 3.63) is 40.3 Å². The van der Waals surface area contributed by atoms with Gasteiger partial charge in [0.05, 0.1) is 10.5 Å². The van der Waals surface area contributed by atoms with Gasteiger partial charge in [-0.15, -0.1) is 0 Å². The first-order chi connectivity index (χ1) is 8.79. The molecule has 3 nitrogen and oxygen atoms in total. The predicted octanol–water partition coefficient (Wildman–Crippen LogP) is 2.78. The molecule has 1 fully saturated rings. The maximum atomic E-state index is 12.5. The van der Waals surface area contributed by atoms with Crippen LogP contribution in [0.5, 0.6) is 0 Å². The molecule has 8 heteroatoms. The molecule has 1 aromatic carbocycles. The Morgan fingerprint density at radius 1 is 1.37 bits per heavy atom. The van der Waals surface area contributed by atoms with Gasteiger partial charge in [0.1, 0.15) is 0 Å². The van der Waals surface area contributed by atoms with Gasteiger partial charge in [0.15, 0.2) is 4.32 Å². The number of hydrogen-bond donors (Lipinski definition) is 1. The lowest BCUT2D eigenvalue weighted by molar-refractivity contribution is -0.137. The lowest BCUT2D eigenvalue weighted by Gasteiger charge is -2.07. The highest BCUT2D eigenvalue weighted by atomic mass is 32.2. The van der Waals surface area contributed by atoms with Crippen LogP contribution in [-0.2, 0) is 11.0 Å². The summed E-state index contributed by atoms with van der Waals surface area (Å²) in [7, 11) is 0. The molecule has 0 radical (unpaired) electrons. The van der Waals surface area contributed by atoms with E-state index in [1.165, 1.54) is 18.2 Å². The van der Waals surface area contributed by atoms with Crippen molar-refractivity contribution in [2.24, 2.45) is 5.84 Å². The summed E-state index contributed by atoms with van der Waals surface area (Å²) in [6.07, 6.45) is -3.09. The fourth-order valence-corrected chi connectivity index (χ4v) is 2.54. The van der Waals surface area contributed by atoms with Gasteiger partial charge in [0.25, 0.3) is 5.91 Å². The van der Waals surface area contributed by atoms with Gasteiger partial charge in [-0.3, -0.25) is 4.79 Å². The number of amides is 1. The van der Waals surface area contributed by atoms with E-state index in [1.807, 2.05) is 0 Å². The van der Waals surface area contributed by atoms with E-state index < -0.39 is 17.6 Å². The topological polar surface area (TPSA) is 46.3 Å². The van der Waals surface area contributed by atoms with Crippen molar-refractivity contribution in [2.45, 2.75) is 6.18 Å². The number of thioether (sulfide) groups is 1. The summed E-state index contributed by atoms with van der Waals surface area (Å²) in [6.45, 7) is 0. The van der Waals surface area contributed by atoms with E-state index in [0.29, 0.717) is 0 Å². The van der Waals surface area contributed by atoms with E-state index in [1.54, 1.807) is 0 Å². The van der Waals surface area contributed by atoms with Crippen LogP contribution < -0.4 is 5.84 Å². The second-order valence-corrected chi connectivity index (χ2v) is 5.35. The largest absolute Gasteiger partial charge is 0.416 e. The van der Waals surface area contributed by atoms with Crippen LogP contribution in [0, 0.1) is 0 Å². The molecule has 19 heavy (non-hydrogen) atoms. The molecule has 1 aliphatic rings. The second kappa shape index (κ2) is 4.95. The average molecular weight is 304 g/mol. The van der Waals surface area contributed by atoms with Crippen LogP contribution in [0.2, 0.25) is 0 Å². The highest BCUT2D eigenvalue weighted by molar-refractivity contribution is 8.26. The van der Waals surface area contributed by atoms with Crippen LogP contribution in [-0.4, -0.2) is 15.2 Å². The van der Waals surface area contributed by atoms with Crippen molar-refractivity contribution in [3.8, 4) is 0 Å². The highest BCUT2D eigenvalue weighted by Gasteiger charge is 2.31. The lowest BCUT2D eigenvalue weighted by Crippen LogP contribution is -2.34. The second-order valence-electron chi connectivity index (χ2n) is 3.67. The Kier molecular flexibility index (Phi) is 3.66. The van der Waals surface area contributed by atoms with Gasteiger partial charge in [-0.25, -0.2) is 10.9 Å². The number of benzene rings is 1. The monoisotopic (exact) mass is 304 g/mol. The van der Waals surface area contributed by atoms with E-state index in [4.69, 9.17) is 18.1 Å². The SMILES string of the molecule is NN1C(=O)/C(=C/c2cccc(C(F)(F)F)c2)SC1=S. The molecule has 2 N–H and O–H groups in total. The quantitative estimate of drug-likeness (QED) is 0.375. The van der Waals surface area contributed by atoms with E-state index in [0.717, 1.165) is 28.9 Å². The Morgan fingerprint density at radius 3 is 2.58 bits per heavy atom. The van der Waals surface area contributed by atoms with Gasteiger partial charge >= 0.3 is 6.18 Å². The first-order valence-corrected chi connectivity index (χ1v) is 6.21. The highest BCUT2D eigenvalue weighted by Crippen LogP contribution is 2.33. The van der Waals surface area contributed by atoms with Gasteiger partial charge in [-0.1, -0.05) is 36.1 Å². The third-order valence-corrected chi connectivity index (χ3v) is 3.67. The molecular weight excluding hydrogens is 297 g/mol. The van der Waals surface area contributed by atoms with Crippen molar-refractivity contribution in [1.82, 2.24) is 5.01 Å². The summed E-state index contributed by atoms with van der Waals surface area (Å²) < 4.78 is 37.8. The molecule has 1 aromatic rings. The summed E-state index contributed by atoms with van der Waals surface area (Å²) in [5.74, 6) is 4.84.